The summed E-state index contributed by atoms with van der Waals surface area (Å²) in [5.74, 6) is 1.45. The summed E-state index contributed by atoms with van der Waals surface area (Å²) in [6.45, 7) is 5.92. The van der Waals surface area contributed by atoms with E-state index < -0.39 is 0 Å². The molecule has 128 valence electrons. The summed E-state index contributed by atoms with van der Waals surface area (Å²) in [7, 11) is 0. The first-order valence-electron chi connectivity index (χ1n) is 8.53. The van der Waals surface area contributed by atoms with Crippen molar-refractivity contribution in [3.8, 4) is 11.5 Å². The Morgan fingerprint density at radius 3 is 2.54 bits per heavy atom. The summed E-state index contributed by atoms with van der Waals surface area (Å²) < 4.78 is 11.8. The van der Waals surface area contributed by atoms with Gasteiger partial charge in [-0.2, -0.15) is 0 Å². The average molecular weight is 346 g/mol. The number of aryl methyl sites for hydroxylation is 1. The number of hydrogen-bond acceptors (Lipinski definition) is 3. The van der Waals surface area contributed by atoms with Crippen molar-refractivity contribution in [2.75, 3.05) is 6.61 Å². The quantitative estimate of drug-likeness (QED) is 0.739. The van der Waals surface area contributed by atoms with Crippen molar-refractivity contribution in [2.45, 2.75) is 45.9 Å². The van der Waals surface area contributed by atoms with Crippen molar-refractivity contribution in [3.63, 3.8) is 0 Å². The van der Waals surface area contributed by atoms with Gasteiger partial charge in [0.1, 0.15) is 6.61 Å². The maximum atomic E-state index is 6.44. The maximum absolute atomic E-state index is 6.44. The molecule has 4 heteroatoms. The summed E-state index contributed by atoms with van der Waals surface area (Å²) in [6, 6.07) is 12.7. The molecule has 0 spiro atoms. The highest BCUT2D eigenvalue weighted by atomic mass is 35.5. The van der Waals surface area contributed by atoms with Gasteiger partial charge in [-0.25, -0.2) is 0 Å². The van der Waals surface area contributed by atoms with Crippen LogP contribution in [0.1, 0.15) is 36.5 Å². The van der Waals surface area contributed by atoms with Crippen molar-refractivity contribution < 1.29 is 9.47 Å². The number of ether oxygens (including phenoxy) is 2. The van der Waals surface area contributed by atoms with Crippen LogP contribution in [-0.4, -0.2) is 12.6 Å². The molecule has 1 aliphatic carbocycles. The molecule has 0 atom stereocenters. The van der Waals surface area contributed by atoms with Crippen molar-refractivity contribution >= 4 is 11.6 Å². The van der Waals surface area contributed by atoms with Crippen molar-refractivity contribution in [2.24, 2.45) is 0 Å². The van der Waals surface area contributed by atoms with E-state index in [1.807, 2.05) is 31.2 Å². The Kier molecular flexibility index (Phi) is 5.64. The van der Waals surface area contributed by atoms with Gasteiger partial charge in [-0.05, 0) is 49.4 Å². The second-order valence-electron chi connectivity index (χ2n) is 6.19. The second kappa shape index (κ2) is 7.91. The lowest BCUT2D eigenvalue weighted by Gasteiger charge is -2.16. The van der Waals surface area contributed by atoms with Crippen molar-refractivity contribution in [3.05, 3.63) is 58.1 Å². The Labute approximate surface area is 148 Å². The maximum Gasteiger partial charge on any atom is 0.163 e. The third-order valence-corrected chi connectivity index (χ3v) is 4.57. The van der Waals surface area contributed by atoms with Gasteiger partial charge in [-0.3, -0.25) is 0 Å². The van der Waals surface area contributed by atoms with Gasteiger partial charge in [0.25, 0.3) is 0 Å². The normalized spacial score (nSPS) is 13.8. The van der Waals surface area contributed by atoms with Gasteiger partial charge in [0, 0.05) is 23.7 Å². The highest BCUT2D eigenvalue weighted by Crippen LogP contribution is 2.35. The Hall–Kier alpha value is -1.71. The predicted molar refractivity (Wildman–Crippen MR) is 98.0 cm³/mol. The highest BCUT2D eigenvalue weighted by molar-refractivity contribution is 6.31. The summed E-state index contributed by atoms with van der Waals surface area (Å²) in [5, 5.41) is 4.20. The van der Waals surface area contributed by atoms with Gasteiger partial charge in [-0.1, -0.05) is 35.9 Å². The Balaban J connectivity index is 1.75. The van der Waals surface area contributed by atoms with Crippen LogP contribution in [0.4, 0.5) is 0 Å². The number of hydrogen-bond donors (Lipinski definition) is 1. The lowest BCUT2D eigenvalue weighted by atomic mass is 10.1. The van der Waals surface area contributed by atoms with Gasteiger partial charge in [0.05, 0.1) is 6.61 Å². The molecule has 0 radical (unpaired) electrons. The van der Waals surface area contributed by atoms with E-state index in [0.717, 1.165) is 23.4 Å². The molecule has 0 aromatic heterocycles. The van der Waals surface area contributed by atoms with Crippen LogP contribution in [0.15, 0.2) is 36.4 Å². The van der Waals surface area contributed by atoms with Crippen LogP contribution in [0.2, 0.25) is 5.02 Å². The summed E-state index contributed by atoms with van der Waals surface area (Å²) in [6.07, 6.45) is 2.51. The molecular formula is C20H24ClNO2. The van der Waals surface area contributed by atoms with E-state index in [4.69, 9.17) is 21.1 Å². The van der Waals surface area contributed by atoms with Gasteiger partial charge < -0.3 is 14.8 Å². The molecule has 2 aromatic carbocycles. The van der Waals surface area contributed by atoms with E-state index in [1.165, 1.54) is 18.4 Å². The zero-order valence-corrected chi connectivity index (χ0v) is 15.0. The molecule has 0 aliphatic heterocycles. The lowest BCUT2D eigenvalue weighted by molar-refractivity contribution is 0.268. The summed E-state index contributed by atoms with van der Waals surface area (Å²) in [5.41, 5.74) is 3.43. The first-order chi connectivity index (χ1) is 11.7. The largest absolute Gasteiger partial charge is 0.490 e. The number of halogens is 1. The third-order valence-electron chi connectivity index (χ3n) is 4.22. The van der Waals surface area contributed by atoms with Gasteiger partial charge in [-0.15, -0.1) is 0 Å². The second-order valence-corrected chi connectivity index (χ2v) is 6.60. The van der Waals surface area contributed by atoms with Crippen LogP contribution in [0.3, 0.4) is 0 Å². The molecule has 0 amide bonds. The van der Waals surface area contributed by atoms with E-state index in [0.29, 0.717) is 30.0 Å². The molecule has 0 unspecified atom stereocenters. The first-order valence-corrected chi connectivity index (χ1v) is 8.91. The molecule has 0 bridgehead atoms. The topological polar surface area (TPSA) is 30.5 Å². The minimum atomic E-state index is 0.503. The van der Waals surface area contributed by atoms with E-state index in [-0.39, 0.29) is 0 Å². The fourth-order valence-electron chi connectivity index (χ4n) is 2.56. The monoisotopic (exact) mass is 345 g/mol. The van der Waals surface area contributed by atoms with Crippen LogP contribution >= 0.6 is 11.6 Å². The SMILES string of the molecule is CCOc1cc(CNC2CC2)c(Cl)cc1OCc1ccccc1C. The standard InChI is InChI=1S/C20H24ClNO2/c1-3-23-19-10-16(12-22-17-8-9-17)18(21)11-20(19)24-13-15-7-5-4-6-14(15)2/h4-7,10-11,17,22H,3,8-9,12-13H2,1-2H3. The highest BCUT2D eigenvalue weighted by Gasteiger charge is 2.21. The zero-order chi connectivity index (χ0) is 16.9. The molecule has 3 nitrogen and oxygen atoms in total. The minimum absolute atomic E-state index is 0.503. The van der Waals surface area contributed by atoms with Crippen LogP contribution < -0.4 is 14.8 Å². The smallest absolute Gasteiger partial charge is 0.163 e. The molecule has 3 rings (SSSR count). The summed E-state index contributed by atoms with van der Waals surface area (Å²) in [4.78, 5) is 0. The van der Waals surface area contributed by atoms with Gasteiger partial charge in [0.15, 0.2) is 11.5 Å². The fourth-order valence-corrected chi connectivity index (χ4v) is 2.78. The van der Waals surface area contributed by atoms with Gasteiger partial charge in [0.2, 0.25) is 0 Å². The molecule has 1 N–H and O–H groups in total. The molecule has 0 saturated heterocycles. The van der Waals surface area contributed by atoms with Crippen LogP contribution in [0.25, 0.3) is 0 Å². The van der Waals surface area contributed by atoms with Crippen LogP contribution in [0, 0.1) is 6.92 Å². The van der Waals surface area contributed by atoms with E-state index in [9.17, 15) is 0 Å². The average Bonchev–Trinajstić information content (AvgIpc) is 3.39. The number of rotatable bonds is 8. The number of nitrogens with one attached hydrogen (secondary N) is 1. The number of benzene rings is 2. The molecule has 1 aliphatic rings. The van der Waals surface area contributed by atoms with E-state index in [1.54, 1.807) is 0 Å². The molecule has 1 fully saturated rings. The fraction of sp³-hybridized carbons (Fsp3) is 0.400. The first kappa shape index (κ1) is 17.1. The molecule has 1 saturated carbocycles. The molecule has 2 aromatic rings. The van der Waals surface area contributed by atoms with Crippen molar-refractivity contribution in [1.82, 2.24) is 5.32 Å². The zero-order valence-electron chi connectivity index (χ0n) is 14.3. The molecular weight excluding hydrogens is 322 g/mol. The Bertz CT molecular complexity index is 698. The van der Waals surface area contributed by atoms with E-state index in [2.05, 4.69) is 24.4 Å². The van der Waals surface area contributed by atoms with Crippen LogP contribution in [0.5, 0.6) is 11.5 Å². The third kappa shape index (κ3) is 4.43. The van der Waals surface area contributed by atoms with E-state index >= 15 is 0 Å². The van der Waals surface area contributed by atoms with Crippen LogP contribution in [-0.2, 0) is 13.2 Å². The van der Waals surface area contributed by atoms with Gasteiger partial charge >= 0.3 is 0 Å². The molecule has 0 heterocycles. The Morgan fingerprint density at radius 1 is 1.08 bits per heavy atom. The summed E-state index contributed by atoms with van der Waals surface area (Å²) >= 11 is 6.44. The van der Waals surface area contributed by atoms with Crippen molar-refractivity contribution in [1.29, 1.82) is 0 Å². The molecule has 24 heavy (non-hydrogen) atoms. The Morgan fingerprint density at radius 2 is 1.83 bits per heavy atom. The predicted octanol–water partition coefficient (Wildman–Crippen LogP) is 4.88. The minimum Gasteiger partial charge on any atom is -0.490 e. The lowest BCUT2D eigenvalue weighted by Crippen LogP contribution is -2.15.